The smallest absolute Gasteiger partial charge is 0.162 e. The molecule has 10 heteroatoms. The minimum Gasteiger partial charge on any atom is -0.491 e. The highest BCUT2D eigenvalue weighted by atomic mass is 35.5. The molecule has 0 amide bonds. The summed E-state index contributed by atoms with van der Waals surface area (Å²) in [5.41, 5.74) is 7.52. The summed E-state index contributed by atoms with van der Waals surface area (Å²) in [5.74, 6) is 0.339. The van der Waals surface area contributed by atoms with Crippen LogP contribution in [0, 0.1) is 0 Å². The number of halogens is 1. The van der Waals surface area contributed by atoms with Gasteiger partial charge < -0.3 is 29.2 Å². The van der Waals surface area contributed by atoms with Crippen molar-refractivity contribution in [3.8, 4) is 5.75 Å². The molecular formula is C24H26ClN5O4. The lowest BCUT2D eigenvalue weighted by Crippen LogP contribution is -2.38. The molecule has 9 nitrogen and oxygen atoms in total. The highest BCUT2D eigenvalue weighted by Crippen LogP contribution is 2.36. The number of aromatic nitrogens is 4. The number of pyridine rings is 1. The number of nitrogen functional groups attached to an aromatic ring is 1. The van der Waals surface area contributed by atoms with E-state index in [2.05, 4.69) is 15.0 Å². The molecule has 3 aromatic heterocycles. The average molecular weight is 484 g/mol. The monoisotopic (exact) mass is 483 g/mol. The quantitative estimate of drug-likeness (QED) is 0.387. The largest absolute Gasteiger partial charge is 0.491 e. The SMILES string of the molecule is COC(C)(C)OC1C[C@H](n2ccc3c(N)ncnc32)O[C@@H]1COc1ccc2cc(Cl)cnc2c1. The molecule has 1 unspecified atom stereocenters. The van der Waals surface area contributed by atoms with Gasteiger partial charge in [-0.05, 0) is 38.1 Å². The zero-order chi connectivity index (χ0) is 23.9. The van der Waals surface area contributed by atoms with Crippen LogP contribution in [-0.4, -0.2) is 51.2 Å². The van der Waals surface area contributed by atoms with Gasteiger partial charge in [0.1, 0.15) is 42.5 Å². The number of anilines is 1. The van der Waals surface area contributed by atoms with E-state index in [1.54, 1.807) is 13.3 Å². The normalized spacial score (nSPS) is 20.9. The predicted octanol–water partition coefficient (Wildman–Crippen LogP) is 4.35. The first kappa shape index (κ1) is 22.8. The van der Waals surface area contributed by atoms with E-state index in [0.29, 0.717) is 28.7 Å². The second-order valence-electron chi connectivity index (χ2n) is 8.66. The van der Waals surface area contributed by atoms with Crippen molar-refractivity contribution in [3.05, 3.63) is 54.1 Å². The molecule has 34 heavy (non-hydrogen) atoms. The molecule has 0 saturated carbocycles. The van der Waals surface area contributed by atoms with Crippen LogP contribution >= 0.6 is 11.6 Å². The molecule has 0 bridgehead atoms. The first-order valence-electron chi connectivity index (χ1n) is 11.0. The zero-order valence-electron chi connectivity index (χ0n) is 19.1. The maximum absolute atomic E-state index is 6.40. The second kappa shape index (κ2) is 8.99. The summed E-state index contributed by atoms with van der Waals surface area (Å²) in [7, 11) is 1.62. The molecule has 5 rings (SSSR count). The highest BCUT2D eigenvalue weighted by molar-refractivity contribution is 6.31. The standard InChI is InChI=1S/C24H26ClN5O4/c1-24(2,31-3)34-19-10-21(30-7-6-17-22(26)28-13-29-23(17)30)33-20(19)12-32-16-5-4-14-8-15(25)11-27-18(14)9-16/h4-9,11,13,19-21H,10,12H2,1-3H3,(H2,26,28,29)/t19?,20-,21-/m1/s1. The number of hydrogen-bond donors (Lipinski definition) is 1. The van der Waals surface area contributed by atoms with Gasteiger partial charge in [-0.3, -0.25) is 4.98 Å². The number of benzene rings is 1. The molecule has 0 aliphatic carbocycles. The van der Waals surface area contributed by atoms with Gasteiger partial charge in [0.15, 0.2) is 5.79 Å². The number of methoxy groups -OCH3 is 1. The third-order valence-electron chi connectivity index (χ3n) is 5.99. The van der Waals surface area contributed by atoms with Crippen molar-refractivity contribution in [1.29, 1.82) is 0 Å². The second-order valence-corrected chi connectivity index (χ2v) is 9.10. The van der Waals surface area contributed by atoms with Gasteiger partial charge in [-0.25, -0.2) is 9.97 Å². The molecule has 4 heterocycles. The van der Waals surface area contributed by atoms with Crippen LogP contribution in [0.2, 0.25) is 5.02 Å². The third-order valence-corrected chi connectivity index (χ3v) is 6.20. The summed E-state index contributed by atoms with van der Waals surface area (Å²) >= 11 is 6.04. The third kappa shape index (κ3) is 4.52. The Morgan fingerprint density at radius 3 is 2.88 bits per heavy atom. The van der Waals surface area contributed by atoms with E-state index in [-0.39, 0.29) is 25.0 Å². The van der Waals surface area contributed by atoms with E-state index >= 15 is 0 Å². The lowest BCUT2D eigenvalue weighted by atomic mass is 10.1. The van der Waals surface area contributed by atoms with E-state index in [9.17, 15) is 0 Å². The first-order valence-corrected chi connectivity index (χ1v) is 11.3. The van der Waals surface area contributed by atoms with Crippen molar-refractivity contribution in [2.24, 2.45) is 0 Å². The van der Waals surface area contributed by atoms with Gasteiger partial charge >= 0.3 is 0 Å². The number of hydrogen-bond acceptors (Lipinski definition) is 8. The molecule has 3 atom stereocenters. The van der Waals surface area contributed by atoms with Crippen molar-refractivity contribution in [3.63, 3.8) is 0 Å². The summed E-state index contributed by atoms with van der Waals surface area (Å²) in [6.45, 7) is 4.03. The lowest BCUT2D eigenvalue weighted by molar-refractivity contribution is -0.232. The Bertz CT molecular complexity index is 1330. The molecule has 1 aliphatic rings. The highest BCUT2D eigenvalue weighted by Gasteiger charge is 2.41. The van der Waals surface area contributed by atoms with Crippen LogP contribution in [0.3, 0.4) is 0 Å². The maximum atomic E-state index is 6.40. The topological polar surface area (TPSA) is 107 Å². The summed E-state index contributed by atoms with van der Waals surface area (Å²) in [4.78, 5) is 12.8. The van der Waals surface area contributed by atoms with Crippen molar-refractivity contribution >= 4 is 39.4 Å². The maximum Gasteiger partial charge on any atom is 0.162 e. The molecule has 4 aromatic rings. The van der Waals surface area contributed by atoms with E-state index in [0.717, 1.165) is 16.3 Å². The summed E-state index contributed by atoms with van der Waals surface area (Å²) < 4.78 is 26.2. The fourth-order valence-corrected chi connectivity index (χ4v) is 4.29. The fraction of sp³-hybridized carbons (Fsp3) is 0.375. The number of ether oxygens (including phenoxy) is 4. The molecule has 1 aromatic carbocycles. The number of rotatable bonds is 7. The van der Waals surface area contributed by atoms with Gasteiger partial charge in [-0.2, -0.15) is 0 Å². The lowest BCUT2D eigenvalue weighted by Gasteiger charge is -2.29. The average Bonchev–Trinajstić information content (AvgIpc) is 3.42. The Kier molecular flexibility index (Phi) is 6.03. The van der Waals surface area contributed by atoms with Crippen LogP contribution in [0.15, 0.2) is 49.1 Å². The molecule has 1 fully saturated rings. The van der Waals surface area contributed by atoms with Gasteiger partial charge in [-0.15, -0.1) is 0 Å². The number of nitrogens with zero attached hydrogens (tertiary/aromatic N) is 4. The Morgan fingerprint density at radius 1 is 1.21 bits per heavy atom. The first-order chi connectivity index (χ1) is 16.3. The van der Waals surface area contributed by atoms with Crippen LogP contribution in [-0.2, 0) is 14.2 Å². The van der Waals surface area contributed by atoms with Gasteiger partial charge in [0.2, 0.25) is 0 Å². The Balaban J connectivity index is 1.37. The van der Waals surface area contributed by atoms with Crippen LogP contribution in [0.1, 0.15) is 26.5 Å². The van der Waals surface area contributed by atoms with Crippen molar-refractivity contribution < 1.29 is 18.9 Å². The molecule has 0 radical (unpaired) electrons. The fourth-order valence-electron chi connectivity index (χ4n) is 4.12. The summed E-state index contributed by atoms with van der Waals surface area (Å²) in [6, 6.07) is 9.46. The van der Waals surface area contributed by atoms with Crippen LogP contribution in [0.25, 0.3) is 21.9 Å². The van der Waals surface area contributed by atoms with E-state index in [1.807, 2.05) is 54.9 Å². The summed E-state index contributed by atoms with van der Waals surface area (Å²) in [5, 5.41) is 2.32. The Labute approximate surface area is 201 Å². The van der Waals surface area contributed by atoms with Gasteiger partial charge in [-0.1, -0.05) is 11.6 Å². The van der Waals surface area contributed by atoms with Crippen molar-refractivity contribution in [1.82, 2.24) is 19.5 Å². The molecule has 2 N–H and O–H groups in total. The van der Waals surface area contributed by atoms with E-state index < -0.39 is 5.79 Å². The minimum atomic E-state index is -0.779. The number of nitrogens with two attached hydrogens (primary N) is 1. The van der Waals surface area contributed by atoms with E-state index in [4.69, 9.17) is 36.3 Å². The molecular weight excluding hydrogens is 458 g/mol. The summed E-state index contributed by atoms with van der Waals surface area (Å²) in [6.07, 6.45) is 4.64. The molecule has 178 valence electrons. The van der Waals surface area contributed by atoms with Gasteiger partial charge in [0, 0.05) is 37.4 Å². The van der Waals surface area contributed by atoms with E-state index in [1.165, 1.54) is 6.33 Å². The van der Waals surface area contributed by atoms with Crippen LogP contribution in [0.5, 0.6) is 5.75 Å². The van der Waals surface area contributed by atoms with Gasteiger partial charge in [0.25, 0.3) is 0 Å². The molecule has 1 aliphatic heterocycles. The van der Waals surface area contributed by atoms with Crippen molar-refractivity contribution in [2.45, 2.75) is 44.5 Å². The number of fused-ring (bicyclic) bond motifs is 2. The van der Waals surface area contributed by atoms with Crippen LogP contribution in [0.4, 0.5) is 5.82 Å². The minimum absolute atomic E-state index is 0.269. The van der Waals surface area contributed by atoms with Crippen molar-refractivity contribution in [2.75, 3.05) is 19.5 Å². The molecule has 0 spiro atoms. The van der Waals surface area contributed by atoms with Gasteiger partial charge in [0.05, 0.1) is 22.0 Å². The molecule has 1 saturated heterocycles. The predicted molar refractivity (Wildman–Crippen MR) is 129 cm³/mol. The van der Waals surface area contributed by atoms with Crippen LogP contribution < -0.4 is 10.5 Å². The Morgan fingerprint density at radius 2 is 2.06 bits per heavy atom. The zero-order valence-corrected chi connectivity index (χ0v) is 19.9. The Hall–Kier alpha value is -2.98.